The standard InChI is InChI=1S/C21H25F5N4O2/c1-12(2)9-28-18-8-15(7-13(3)29-18)14(4)30-19(31)17-6-5-16(10-27-17)32-11-20(22,23)21(24,25)26/h5-8,10,12,14H,9,11H2,1-4H3,(H,28,29)(H,30,31). The molecule has 0 spiro atoms. The number of alkyl halides is 5. The predicted molar refractivity (Wildman–Crippen MR) is 109 cm³/mol. The molecule has 0 saturated heterocycles. The Balaban J connectivity index is 2.00. The number of nitrogens with zero attached hydrogens (tertiary/aromatic N) is 2. The molecule has 0 aliphatic heterocycles. The smallest absolute Gasteiger partial charge is 0.456 e. The third-order valence-electron chi connectivity index (χ3n) is 4.32. The van der Waals surface area contributed by atoms with Crippen molar-refractivity contribution < 1.29 is 31.5 Å². The Kier molecular flexibility index (Phi) is 7.97. The Morgan fingerprint density at radius 2 is 1.81 bits per heavy atom. The van der Waals surface area contributed by atoms with Crippen molar-refractivity contribution >= 4 is 11.7 Å². The van der Waals surface area contributed by atoms with Gasteiger partial charge in [-0.1, -0.05) is 13.8 Å². The summed E-state index contributed by atoms with van der Waals surface area (Å²) in [4.78, 5) is 20.7. The molecule has 2 aromatic rings. The maximum absolute atomic E-state index is 12.9. The Hall–Kier alpha value is -2.98. The average Bonchev–Trinajstić information content (AvgIpc) is 2.70. The van der Waals surface area contributed by atoms with Crippen LogP contribution in [0.3, 0.4) is 0 Å². The van der Waals surface area contributed by atoms with Crippen LogP contribution in [-0.2, 0) is 0 Å². The summed E-state index contributed by atoms with van der Waals surface area (Å²) in [5.74, 6) is -4.75. The first-order valence-corrected chi connectivity index (χ1v) is 9.85. The fourth-order valence-corrected chi connectivity index (χ4v) is 2.55. The van der Waals surface area contributed by atoms with E-state index in [1.54, 1.807) is 6.92 Å². The lowest BCUT2D eigenvalue weighted by atomic mass is 10.1. The topological polar surface area (TPSA) is 76.1 Å². The molecule has 6 nitrogen and oxygen atoms in total. The number of amides is 1. The highest BCUT2D eigenvalue weighted by molar-refractivity contribution is 5.92. The molecule has 1 atom stereocenters. The van der Waals surface area contributed by atoms with E-state index in [9.17, 15) is 26.7 Å². The minimum atomic E-state index is -5.72. The number of carbonyl (C=O) groups excluding carboxylic acids is 1. The summed E-state index contributed by atoms with van der Waals surface area (Å²) in [6.45, 7) is 6.60. The largest absolute Gasteiger partial charge is 0.485 e. The molecular weight excluding hydrogens is 435 g/mol. The maximum Gasteiger partial charge on any atom is 0.456 e. The van der Waals surface area contributed by atoms with Gasteiger partial charge in [-0.3, -0.25) is 4.79 Å². The van der Waals surface area contributed by atoms with Crippen LogP contribution in [0.15, 0.2) is 30.5 Å². The molecule has 0 saturated carbocycles. The lowest BCUT2D eigenvalue weighted by Crippen LogP contribution is -2.41. The minimum absolute atomic E-state index is 0.0456. The van der Waals surface area contributed by atoms with Crippen molar-refractivity contribution in [1.82, 2.24) is 15.3 Å². The van der Waals surface area contributed by atoms with Crippen molar-refractivity contribution in [2.45, 2.75) is 45.8 Å². The summed E-state index contributed by atoms with van der Waals surface area (Å²) in [5, 5.41) is 5.99. The SMILES string of the molecule is Cc1cc(C(C)NC(=O)c2ccc(OCC(F)(F)C(F)(F)F)cn2)cc(NCC(C)C)n1. The zero-order chi connectivity index (χ0) is 24.1. The first-order chi connectivity index (χ1) is 14.8. The zero-order valence-electron chi connectivity index (χ0n) is 18.1. The van der Waals surface area contributed by atoms with E-state index in [0.29, 0.717) is 11.7 Å². The second-order valence-electron chi connectivity index (χ2n) is 7.77. The van der Waals surface area contributed by atoms with Crippen molar-refractivity contribution in [3.63, 3.8) is 0 Å². The van der Waals surface area contributed by atoms with Crippen molar-refractivity contribution in [1.29, 1.82) is 0 Å². The van der Waals surface area contributed by atoms with Crippen LogP contribution < -0.4 is 15.4 Å². The van der Waals surface area contributed by atoms with Crippen LogP contribution >= 0.6 is 0 Å². The molecule has 11 heteroatoms. The van der Waals surface area contributed by atoms with E-state index in [-0.39, 0.29) is 11.4 Å². The van der Waals surface area contributed by atoms with E-state index in [4.69, 9.17) is 0 Å². The summed E-state index contributed by atoms with van der Waals surface area (Å²) in [6.07, 6.45) is -4.80. The highest BCUT2D eigenvalue weighted by Gasteiger charge is 2.58. The third kappa shape index (κ3) is 7.03. The number of aromatic nitrogens is 2. The number of nitrogens with one attached hydrogen (secondary N) is 2. The lowest BCUT2D eigenvalue weighted by Gasteiger charge is -2.19. The molecule has 176 valence electrons. The summed E-state index contributed by atoms with van der Waals surface area (Å²) in [6, 6.07) is 5.54. The third-order valence-corrected chi connectivity index (χ3v) is 4.32. The van der Waals surface area contributed by atoms with E-state index < -0.39 is 30.7 Å². The van der Waals surface area contributed by atoms with Gasteiger partial charge in [0.25, 0.3) is 5.91 Å². The van der Waals surface area contributed by atoms with Crippen LogP contribution in [0.2, 0.25) is 0 Å². The van der Waals surface area contributed by atoms with Gasteiger partial charge in [0.2, 0.25) is 0 Å². The molecular formula is C21H25F5N4O2. The summed E-state index contributed by atoms with van der Waals surface area (Å²) in [5.41, 5.74) is 1.53. The Labute approximate surface area is 182 Å². The second-order valence-corrected chi connectivity index (χ2v) is 7.77. The summed E-state index contributed by atoms with van der Waals surface area (Å²) < 4.78 is 66.9. The van der Waals surface area contributed by atoms with E-state index in [1.807, 2.05) is 19.1 Å². The monoisotopic (exact) mass is 460 g/mol. The molecule has 1 amide bonds. The van der Waals surface area contributed by atoms with Gasteiger partial charge in [0.15, 0.2) is 6.61 Å². The van der Waals surface area contributed by atoms with Gasteiger partial charge >= 0.3 is 12.1 Å². The molecule has 2 heterocycles. The Bertz CT molecular complexity index is 917. The van der Waals surface area contributed by atoms with Gasteiger partial charge in [0.1, 0.15) is 17.3 Å². The van der Waals surface area contributed by atoms with Crippen LogP contribution in [0.25, 0.3) is 0 Å². The fraction of sp³-hybridized carbons (Fsp3) is 0.476. The normalized spacial score (nSPS) is 13.1. The number of anilines is 1. The molecule has 1 unspecified atom stereocenters. The second kappa shape index (κ2) is 10.1. The summed E-state index contributed by atoms with van der Waals surface area (Å²) in [7, 11) is 0. The molecule has 0 bridgehead atoms. The number of aryl methyl sites for hydroxylation is 1. The first kappa shape index (κ1) is 25.3. The van der Waals surface area contributed by atoms with Gasteiger partial charge in [-0.05, 0) is 49.6 Å². The number of pyridine rings is 2. The van der Waals surface area contributed by atoms with Crippen LogP contribution in [0.1, 0.15) is 48.6 Å². The van der Waals surface area contributed by atoms with Crippen molar-refractivity contribution in [2.24, 2.45) is 5.92 Å². The number of hydrogen-bond donors (Lipinski definition) is 2. The minimum Gasteiger partial charge on any atom is -0.485 e. The zero-order valence-corrected chi connectivity index (χ0v) is 18.1. The van der Waals surface area contributed by atoms with Gasteiger partial charge in [-0.2, -0.15) is 22.0 Å². The highest BCUT2D eigenvalue weighted by atomic mass is 19.4. The molecule has 0 radical (unpaired) electrons. The van der Waals surface area contributed by atoms with Gasteiger partial charge in [-0.15, -0.1) is 0 Å². The molecule has 32 heavy (non-hydrogen) atoms. The van der Waals surface area contributed by atoms with Crippen LogP contribution in [0, 0.1) is 12.8 Å². The van der Waals surface area contributed by atoms with Gasteiger partial charge in [0, 0.05) is 12.2 Å². The first-order valence-electron chi connectivity index (χ1n) is 9.85. The van der Waals surface area contributed by atoms with Gasteiger partial charge in [0.05, 0.1) is 12.2 Å². The van der Waals surface area contributed by atoms with Crippen LogP contribution in [-0.4, -0.2) is 41.1 Å². The van der Waals surface area contributed by atoms with E-state index in [0.717, 1.165) is 30.1 Å². The van der Waals surface area contributed by atoms with Crippen molar-refractivity contribution in [3.8, 4) is 5.75 Å². The molecule has 2 rings (SSSR count). The quantitative estimate of drug-likeness (QED) is 0.520. The van der Waals surface area contributed by atoms with Crippen LogP contribution in [0.5, 0.6) is 5.75 Å². The molecule has 0 aliphatic rings. The number of carbonyl (C=O) groups is 1. The fourth-order valence-electron chi connectivity index (χ4n) is 2.55. The highest BCUT2D eigenvalue weighted by Crippen LogP contribution is 2.35. The Morgan fingerprint density at radius 1 is 1.12 bits per heavy atom. The number of hydrogen-bond acceptors (Lipinski definition) is 5. The van der Waals surface area contributed by atoms with Crippen LogP contribution in [0.4, 0.5) is 27.8 Å². The molecule has 2 aromatic heterocycles. The van der Waals surface area contributed by atoms with E-state index in [1.165, 1.54) is 6.07 Å². The van der Waals surface area contributed by atoms with Crippen molar-refractivity contribution in [3.05, 3.63) is 47.4 Å². The molecule has 0 aliphatic carbocycles. The number of ether oxygens (including phenoxy) is 1. The predicted octanol–water partition coefficient (Wildman–Crippen LogP) is 4.92. The average molecular weight is 460 g/mol. The Morgan fingerprint density at radius 3 is 2.38 bits per heavy atom. The van der Waals surface area contributed by atoms with Gasteiger partial charge < -0.3 is 15.4 Å². The maximum atomic E-state index is 12.9. The van der Waals surface area contributed by atoms with Crippen molar-refractivity contribution in [2.75, 3.05) is 18.5 Å². The molecule has 0 fully saturated rings. The molecule has 0 aromatic carbocycles. The van der Waals surface area contributed by atoms with E-state index >= 15 is 0 Å². The molecule has 2 N–H and O–H groups in total. The summed E-state index contributed by atoms with van der Waals surface area (Å²) >= 11 is 0. The van der Waals surface area contributed by atoms with Gasteiger partial charge in [-0.25, -0.2) is 9.97 Å². The number of halogens is 5. The number of rotatable bonds is 9. The lowest BCUT2D eigenvalue weighted by molar-refractivity contribution is -0.290. The van der Waals surface area contributed by atoms with E-state index in [2.05, 4.69) is 39.2 Å².